The van der Waals surface area contributed by atoms with E-state index < -0.39 is 0 Å². The van der Waals surface area contributed by atoms with Gasteiger partial charge in [-0.3, -0.25) is 4.79 Å². The summed E-state index contributed by atoms with van der Waals surface area (Å²) in [6.45, 7) is 0. The van der Waals surface area contributed by atoms with E-state index in [0.29, 0.717) is 6.04 Å². The summed E-state index contributed by atoms with van der Waals surface area (Å²) in [7, 11) is 0. The lowest BCUT2D eigenvalue weighted by molar-refractivity contribution is -0.122. The van der Waals surface area contributed by atoms with Gasteiger partial charge in [-0.25, -0.2) is 0 Å². The maximum atomic E-state index is 11.9. The lowest BCUT2D eigenvalue weighted by atomic mass is 9.98. The topological polar surface area (TPSA) is 41.1 Å². The first-order valence-corrected chi connectivity index (χ1v) is 5.98. The molecule has 16 heavy (non-hydrogen) atoms. The number of rotatable bonds is 2. The Morgan fingerprint density at radius 1 is 1.25 bits per heavy atom. The average molecular weight is 216 g/mol. The average Bonchev–Trinajstić information content (AvgIpc) is 3.12. The van der Waals surface area contributed by atoms with E-state index in [4.69, 9.17) is 0 Å². The molecule has 84 valence electrons. The minimum absolute atomic E-state index is 0.0458. The fraction of sp³-hybridized carbons (Fsp3) is 0.462. The Kier molecular flexibility index (Phi) is 2.31. The van der Waals surface area contributed by atoms with Crippen LogP contribution in [0.4, 0.5) is 5.69 Å². The van der Waals surface area contributed by atoms with Crippen LogP contribution in [0.2, 0.25) is 0 Å². The largest absolute Gasteiger partial charge is 0.373 e. The van der Waals surface area contributed by atoms with E-state index in [1.165, 1.54) is 5.56 Å². The van der Waals surface area contributed by atoms with E-state index in [-0.39, 0.29) is 11.9 Å². The molecule has 0 spiro atoms. The van der Waals surface area contributed by atoms with Gasteiger partial charge in [-0.05, 0) is 37.3 Å². The van der Waals surface area contributed by atoms with Crippen molar-refractivity contribution in [2.75, 3.05) is 5.32 Å². The number of benzene rings is 1. The Labute approximate surface area is 95.2 Å². The maximum absolute atomic E-state index is 11.9. The summed E-state index contributed by atoms with van der Waals surface area (Å²) in [6.07, 6.45) is 4.19. The minimum atomic E-state index is -0.0458. The molecule has 1 heterocycles. The van der Waals surface area contributed by atoms with Crippen LogP contribution in [0.1, 0.15) is 24.8 Å². The van der Waals surface area contributed by atoms with Crippen LogP contribution in [-0.4, -0.2) is 18.0 Å². The van der Waals surface area contributed by atoms with Crippen molar-refractivity contribution in [1.82, 2.24) is 5.32 Å². The fourth-order valence-corrected chi connectivity index (χ4v) is 2.16. The van der Waals surface area contributed by atoms with Crippen molar-refractivity contribution in [1.29, 1.82) is 0 Å². The minimum Gasteiger partial charge on any atom is -0.373 e. The summed E-state index contributed by atoms with van der Waals surface area (Å²) in [4.78, 5) is 11.9. The molecule has 0 radical (unpaired) electrons. The van der Waals surface area contributed by atoms with Gasteiger partial charge in [0.1, 0.15) is 6.04 Å². The second-order valence-electron chi connectivity index (χ2n) is 4.68. The van der Waals surface area contributed by atoms with Gasteiger partial charge in [0.15, 0.2) is 0 Å². The Balaban J connectivity index is 1.69. The number of aryl methyl sites for hydroxylation is 1. The van der Waals surface area contributed by atoms with Gasteiger partial charge in [0.2, 0.25) is 5.91 Å². The third-order valence-corrected chi connectivity index (χ3v) is 3.29. The van der Waals surface area contributed by atoms with Crippen LogP contribution in [-0.2, 0) is 11.2 Å². The van der Waals surface area contributed by atoms with Crippen LogP contribution in [0, 0.1) is 0 Å². The van der Waals surface area contributed by atoms with Crippen LogP contribution >= 0.6 is 0 Å². The number of hydrogen-bond donors (Lipinski definition) is 2. The molecule has 1 aromatic carbocycles. The number of fused-ring (bicyclic) bond motifs is 1. The molecular weight excluding hydrogens is 200 g/mol. The number of hydrogen-bond acceptors (Lipinski definition) is 2. The maximum Gasteiger partial charge on any atom is 0.242 e. The number of carbonyl (C=O) groups is 1. The van der Waals surface area contributed by atoms with Crippen LogP contribution in [0.5, 0.6) is 0 Å². The van der Waals surface area contributed by atoms with Crippen molar-refractivity contribution in [3.63, 3.8) is 0 Å². The SMILES string of the molecule is O=C(NC1CC1)C1CCc2ccccc2N1. The molecule has 1 saturated carbocycles. The van der Waals surface area contributed by atoms with Gasteiger partial charge < -0.3 is 10.6 Å². The predicted molar refractivity (Wildman–Crippen MR) is 63.3 cm³/mol. The van der Waals surface area contributed by atoms with Crippen molar-refractivity contribution >= 4 is 11.6 Å². The highest BCUT2D eigenvalue weighted by atomic mass is 16.2. The first kappa shape index (κ1) is 9.70. The standard InChI is InChI=1S/C13H16N2O/c16-13(14-10-6-7-10)12-8-5-9-3-1-2-4-11(9)15-12/h1-4,10,12,15H,5-8H2,(H,14,16). The number of para-hydroxylation sites is 1. The quantitative estimate of drug-likeness (QED) is 0.790. The normalized spacial score (nSPS) is 23.1. The third-order valence-electron chi connectivity index (χ3n) is 3.29. The smallest absolute Gasteiger partial charge is 0.242 e. The Morgan fingerprint density at radius 2 is 2.06 bits per heavy atom. The lowest BCUT2D eigenvalue weighted by Crippen LogP contribution is -2.42. The molecule has 1 unspecified atom stereocenters. The summed E-state index contributed by atoms with van der Waals surface area (Å²) in [6, 6.07) is 8.63. The van der Waals surface area contributed by atoms with Gasteiger partial charge in [-0.1, -0.05) is 18.2 Å². The fourth-order valence-electron chi connectivity index (χ4n) is 2.16. The summed E-state index contributed by atoms with van der Waals surface area (Å²) >= 11 is 0. The van der Waals surface area contributed by atoms with E-state index >= 15 is 0 Å². The Bertz CT molecular complexity index is 412. The van der Waals surface area contributed by atoms with Crippen molar-refractivity contribution in [3.05, 3.63) is 29.8 Å². The number of carbonyl (C=O) groups excluding carboxylic acids is 1. The highest BCUT2D eigenvalue weighted by Crippen LogP contribution is 2.25. The molecular formula is C13H16N2O. The monoisotopic (exact) mass is 216 g/mol. The molecule has 3 heteroatoms. The van der Waals surface area contributed by atoms with Gasteiger partial charge in [-0.15, -0.1) is 0 Å². The van der Waals surface area contributed by atoms with Gasteiger partial charge in [0, 0.05) is 11.7 Å². The van der Waals surface area contributed by atoms with Gasteiger partial charge in [-0.2, -0.15) is 0 Å². The number of nitrogens with one attached hydrogen (secondary N) is 2. The van der Waals surface area contributed by atoms with Gasteiger partial charge >= 0.3 is 0 Å². The van der Waals surface area contributed by atoms with Crippen molar-refractivity contribution in [2.24, 2.45) is 0 Å². The van der Waals surface area contributed by atoms with Crippen molar-refractivity contribution in [2.45, 2.75) is 37.8 Å². The third kappa shape index (κ3) is 1.90. The zero-order chi connectivity index (χ0) is 11.0. The molecule has 3 nitrogen and oxygen atoms in total. The molecule has 1 atom stereocenters. The first-order valence-electron chi connectivity index (χ1n) is 5.98. The Hall–Kier alpha value is -1.51. The highest BCUT2D eigenvalue weighted by Gasteiger charge is 2.29. The van der Waals surface area contributed by atoms with Crippen molar-refractivity contribution < 1.29 is 4.79 Å². The molecule has 0 saturated heterocycles. The number of anilines is 1. The van der Waals surface area contributed by atoms with Gasteiger partial charge in [0.25, 0.3) is 0 Å². The van der Waals surface area contributed by atoms with Crippen molar-refractivity contribution in [3.8, 4) is 0 Å². The molecule has 0 bridgehead atoms. The second-order valence-corrected chi connectivity index (χ2v) is 4.68. The van der Waals surface area contributed by atoms with E-state index in [1.54, 1.807) is 0 Å². The zero-order valence-corrected chi connectivity index (χ0v) is 9.20. The lowest BCUT2D eigenvalue weighted by Gasteiger charge is -2.26. The van der Waals surface area contributed by atoms with Crippen LogP contribution < -0.4 is 10.6 Å². The first-order chi connectivity index (χ1) is 7.83. The molecule has 2 N–H and O–H groups in total. The van der Waals surface area contributed by atoms with E-state index in [0.717, 1.165) is 31.4 Å². The number of amides is 1. The molecule has 2 aliphatic rings. The molecule has 1 fully saturated rings. The van der Waals surface area contributed by atoms with E-state index in [1.807, 2.05) is 18.2 Å². The van der Waals surface area contributed by atoms with Crippen LogP contribution in [0.25, 0.3) is 0 Å². The van der Waals surface area contributed by atoms with E-state index in [9.17, 15) is 4.79 Å². The summed E-state index contributed by atoms with van der Waals surface area (Å²) in [5.74, 6) is 0.164. The predicted octanol–water partition coefficient (Wildman–Crippen LogP) is 1.69. The van der Waals surface area contributed by atoms with Gasteiger partial charge in [0.05, 0.1) is 0 Å². The molecule has 1 aromatic rings. The van der Waals surface area contributed by atoms with Crippen LogP contribution in [0.15, 0.2) is 24.3 Å². The zero-order valence-electron chi connectivity index (χ0n) is 9.20. The molecule has 1 aliphatic carbocycles. The summed E-state index contributed by atoms with van der Waals surface area (Å²) < 4.78 is 0. The summed E-state index contributed by atoms with van der Waals surface area (Å²) in [5.41, 5.74) is 2.43. The highest BCUT2D eigenvalue weighted by molar-refractivity contribution is 5.86. The molecule has 0 aromatic heterocycles. The molecule has 3 rings (SSSR count). The Morgan fingerprint density at radius 3 is 2.88 bits per heavy atom. The molecule has 1 amide bonds. The second kappa shape index (κ2) is 3.81. The van der Waals surface area contributed by atoms with E-state index in [2.05, 4.69) is 16.7 Å². The summed E-state index contributed by atoms with van der Waals surface area (Å²) in [5, 5.41) is 6.37. The van der Waals surface area contributed by atoms with Crippen LogP contribution in [0.3, 0.4) is 0 Å². The molecule has 1 aliphatic heterocycles.